The number of fused-ring (bicyclic) bond motifs is 1. The molecular formula is C21H16FN3O3S. The fourth-order valence-corrected chi connectivity index (χ4v) is 3.66. The first-order valence-corrected chi connectivity index (χ1v) is 9.49. The van der Waals surface area contributed by atoms with E-state index in [9.17, 15) is 9.18 Å². The Morgan fingerprint density at radius 1 is 1.21 bits per heavy atom. The molecular weight excluding hydrogens is 393 g/mol. The zero-order chi connectivity index (χ0) is 20.4. The quantitative estimate of drug-likeness (QED) is 0.458. The first kappa shape index (κ1) is 18.8. The largest absolute Gasteiger partial charge is 0.493 e. The molecule has 0 fully saturated rings. The molecule has 0 atom stereocenters. The van der Waals surface area contributed by atoms with Crippen molar-refractivity contribution in [3.63, 3.8) is 0 Å². The Balaban J connectivity index is 1.71. The Morgan fingerprint density at radius 2 is 2.00 bits per heavy atom. The van der Waals surface area contributed by atoms with Crippen LogP contribution in [0.15, 0.2) is 59.9 Å². The van der Waals surface area contributed by atoms with Crippen LogP contribution in [0.2, 0.25) is 0 Å². The fourth-order valence-electron chi connectivity index (χ4n) is 2.75. The number of halogens is 1. The number of thiazole rings is 1. The van der Waals surface area contributed by atoms with Gasteiger partial charge in [-0.3, -0.25) is 4.79 Å². The molecule has 2 heterocycles. The average molecular weight is 409 g/mol. The number of methoxy groups -OCH3 is 1. The Kier molecular flexibility index (Phi) is 5.09. The van der Waals surface area contributed by atoms with E-state index in [4.69, 9.17) is 9.47 Å². The Bertz CT molecular complexity index is 1300. The van der Waals surface area contributed by atoms with Crippen LogP contribution < -0.4 is 19.6 Å². The van der Waals surface area contributed by atoms with E-state index in [-0.39, 0.29) is 11.4 Å². The lowest BCUT2D eigenvalue weighted by atomic mass is 10.2. The molecule has 2 aromatic carbocycles. The summed E-state index contributed by atoms with van der Waals surface area (Å²) in [6.45, 7) is 3.99. The fraction of sp³-hybridized carbons (Fsp3) is 0.0952. The monoisotopic (exact) mass is 409 g/mol. The van der Waals surface area contributed by atoms with Crippen molar-refractivity contribution >= 4 is 22.4 Å². The number of hydrogen-bond acceptors (Lipinski definition) is 6. The van der Waals surface area contributed by atoms with Crippen LogP contribution in [0.4, 0.5) is 4.39 Å². The molecule has 0 radical (unpaired) electrons. The highest BCUT2D eigenvalue weighted by Crippen LogP contribution is 2.28. The van der Waals surface area contributed by atoms with E-state index >= 15 is 0 Å². The number of hydrogen-bond donors (Lipinski definition) is 0. The molecule has 6 nitrogen and oxygen atoms in total. The van der Waals surface area contributed by atoms with Gasteiger partial charge in [0.15, 0.2) is 17.3 Å². The topological polar surface area (TPSA) is 65.7 Å². The molecule has 0 bridgehead atoms. The summed E-state index contributed by atoms with van der Waals surface area (Å²) >= 11 is 1.23. The molecule has 0 saturated carbocycles. The Labute approximate surface area is 169 Å². The van der Waals surface area contributed by atoms with E-state index < -0.39 is 0 Å². The van der Waals surface area contributed by atoms with E-state index in [1.807, 2.05) is 6.07 Å². The summed E-state index contributed by atoms with van der Waals surface area (Å²) in [5, 5.41) is 4.26. The second-order valence-corrected chi connectivity index (χ2v) is 7.07. The van der Waals surface area contributed by atoms with Crippen LogP contribution in [0, 0.1) is 5.82 Å². The molecule has 0 saturated heterocycles. The van der Waals surface area contributed by atoms with Crippen LogP contribution in [0.3, 0.4) is 0 Å². The standard InChI is InChI=1S/C21H16FN3O3S/c1-3-10-28-16-9-4-13(11-17(16)27-2)12-18-20(26)25-21(29-18)23-19(24-25)14-5-7-15(22)8-6-14/h3-9,11-12H,1,10H2,2H3/b18-12-. The van der Waals surface area contributed by atoms with E-state index in [1.165, 1.54) is 28.0 Å². The van der Waals surface area contributed by atoms with Gasteiger partial charge in [-0.25, -0.2) is 4.39 Å². The number of benzene rings is 2. The van der Waals surface area contributed by atoms with Crippen molar-refractivity contribution in [2.75, 3.05) is 13.7 Å². The van der Waals surface area contributed by atoms with Gasteiger partial charge in [-0.2, -0.15) is 9.50 Å². The Morgan fingerprint density at radius 3 is 2.69 bits per heavy atom. The third-order valence-electron chi connectivity index (χ3n) is 4.13. The van der Waals surface area contributed by atoms with Gasteiger partial charge in [-0.05, 0) is 48.0 Å². The van der Waals surface area contributed by atoms with Crippen molar-refractivity contribution in [1.82, 2.24) is 14.6 Å². The molecule has 0 unspecified atom stereocenters. The van der Waals surface area contributed by atoms with Crippen LogP contribution in [0.5, 0.6) is 11.5 Å². The summed E-state index contributed by atoms with van der Waals surface area (Å²) in [6.07, 6.45) is 3.40. The minimum Gasteiger partial charge on any atom is -0.493 e. The van der Waals surface area contributed by atoms with Gasteiger partial charge in [0.2, 0.25) is 4.96 Å². The number of rotatable bonds is 6. The normalized spacial score (nSPS) is 11.7. The summed E-state index contributed by atoms with van der Waals surface area (Å²) in [5.74, 6) is 1.20. The van der Waals surface area contributed by atoms with Crippen molar-refractivity contribution < 1.29 is 13.9 Å². The highest BCUT2D eigenvalue weighted by atomic mass is 32.1. The molecule has 8 heteroatoms. The lowest BCUT2D eigenvalue weighted by Crippen LogP contribution is -2.23. The predicted octanol–water partition coefficient (Wildman–Crippen LogP) is 3.08. The second kappa shape index (κ2) is 7.84. The highest BCUT2D eigenvalue weighted by molar-refractivity contribution is 7.15. The molecule has 4 aromatic rings. The second-order valence-electron chi connectivity index (χ2n) is 6.06. The van der Waals surface area contributed by atoms with Crippen LogP contribution in [0.1, 0.15) is 5.56 Å². The molecule has 0 aliphatic heterocycles. The molecule has 0 aliphatic carbocycles. The molecule has 0 amide bonds. The van der Waals surface area contributed by atoms with Crippen molar-refractivity contribution in [3.8, 4) is 22.9 Å². The van der Waals surface area contributed by atoms with E-state index in [2.05, 4.69) is 16.7 Å². The van der Waals surface area contributed by atoms with Crippen LogP contribution >= 0.6 is 11.3 Å². The van der Waals surface area contributed by atoms with Gasteiger partial charge in [0.1, 0.15) is 12.4 Å². The number of nitrogens with zero attached hydrogens (tertiary/aromatic N) is 3. The molecule has 29 heavy (non-hydrogen) atoms. The molecule has 4 rings (SSSR count). The van der Waals surface area contributed by atoms with E-state index in [1.54, 1.807) is 43.5 Å². The summed E-state index contributed by atoms with van der Waals surface area (Å²) in [7, 11) is 1.55. The van der Waals surface area contributed by atoms with Crippen molar-refractivity contribution in [3.05, 3.63) is 81.4 Å². The average Bonchev–Trinajstić information content (AvgIpc) is 3.27. The molecule has 2 aromatic heterocycles. The molecule has 0 spiro atoms. The lowest BCUT2D eigenvalue weighted by Gasteiger charge is -2.09. The number of ether oxygens (including phenoxy) is 2. The van der Waals surface area contributed by atoms with Gasteiger partial charge < -0.3 is 9.47 Å². The van der Waals surface area contributed by atoms with E-state index in [0.29, 0.717) is 39.0 Å². The van der Waals surface area contributed by atoms with Crippen LogP contribution in [0.25, 0.3) is 22.4 Å². The zero-order valence-corrected chi connectivity index (χ0v) is 16.3. The maximum Gasteiger partial charge on any atom is 0.291 e. The molecule has 146 valence electrons. The Hall–Kier alpha value is -3.52. The van der Waals surface area contributed by atoms with Crippen molar-refractivity contribution in [2.24, 2.45) is 0 Å². The summed E-state index contributed by atoms with van der Waals surface area (Å²) in [4.78, 5) is 17.6. The van der Waals surface area contributed by atoms with Gasteiger partial charge in [-0.15, -0.1) is 5.10 Å². The highest BCUT2D eigenvalue weighted by Gasteiger charge is 2.12. The van der Waals surface area contributed by atoms with Crippen molar-refractivity contribution in [2.45, 2.75) is 0 Å². The molecule has 0 aliphatic rings. The zero-order valence-electron chi connectivity index (χ0n) is 15.5. The third kappa shape index (κ3) is 3.74. The lowest BCUT2D eigenvalue weighted by molar-refractivity contribution is 0.326. The SMILES string of the molecule is C=CCOc1ccc(/C=c2\sc3nc(-c4ccc(F)cc4)nn3c2=O)cc1OC. The summed E-state index contributed by atoms with van der Waals surface area (Å²) in [5.41, 5.74) is 1.16. The maximum absolute atomic E-state index is 13.1. The number of aromatic nitrogens is 3. The first-order valence-electron chi connectivity index (χ1n) is 8.68. The van der Waals surface area contributed by atoms with Gasteiger partial charge in [-0.1, -0.05) is 30.1 Å². The molecule has 0 N–H and O–H groups in total. The predicted molar refractivity (Wildman–Crippen MR) is 110 cm³/mol. The summed E-state index contributed by atoms with van der Waals surface area (Å²) in [6, 6.07) is 11.2. The van der Waals surface area contributed by atoms with Gasteiger partial charge >= 0.3 is 0 Å². The third-order valence-corrected chi connectivity index (χ3v) is 5.09. The maximum atomic E-state index is 13.1. The minimum atomic E-state index is -0.340. The van der Waals surface area contributed by atoms with Crippen LogP contribution in [-0.4, -0.2) is 28.3 Å². The first-order chi connectivity index (χ1) is 14.1. The van der Waals surface area contributed by atoms with E-state index in [0.717, 1.165) is 5.56 Å². The minimum absolute atomic E-state index is 0.267. The summed E-state index contributed by atoms with van der Waals surface area (Å²) < 4.78 is 25.7. The van der Waals surface area contributed by atoms with Crippen molar-refractivity contribution in [1.29, 1.82) is 0 Å². The van der Waals surface area contributed by atoms with Crippen LogP contribution in [-0.2, 0) is 0 Å². The smallest absolute Gasteiger partial charge is 0.291 e. The van der Waals surface area contributed by atoms with Gasteiger partial charge in [0.05, 0.1) is 11.6 Å². The van der Waals surface area contributed by atoms with Gasteiger partial charge in [0, 0.05) is 5.56 Å². The van der Waals surface area contributed by atoms with Gasteiger partial charge in [0.25, 0.3) is 5.56 Å².